The van der Waals surface area contributed by atoms with Crippen molar-refractivity contribution in [2.24, 2.45) is 0 Å². The van der Waals surface area contributed by atoms with E-state index in [-0.39, 0.29) is 12.5 Å². The molecule has 1 amide bonds. The van der Waals surface area contributed by atoms with Crippen LogP contribution in [-0.2, 0) is 20.7 Å². The first-order valence-corrected chi connectivity index (χ1v) is 8.83. The SMILES string of the molecule is COC(=O)[C@H](Cc1cc(Cl)cnc1OC1CC1)N(C)C(=O)OC(C)(C)C. The number of carbonyl (C=O) groups excluding carboxylic acids is 2. The summed E-state index contributed by atoms with van der Waals surface area (Å²) in [5.41, 5.74) is -0.0423. The Morgan fingerprint density at radius 1 is 1.38 bits per heavy atom. The number of hydrogen-bond acceptors (Lipinski definition) is 6. The third-order valence-corrected chi connectivity index (χ3v) is 3.94. The monoisotopic (exact) mass is 384 g/mol. The van der Waals surface area contributed by atoms with Gasteiger partial charge >= 0.3 is 12.1 Å². The Hall–Kier alpha value is -2.02. The largest absolute Gasteiger partial charge is 0.474 e. The van der Waals surface area contributed by atoms with E-state index in [1.54, 1.807) is 26.8 Å². The second-order valence-corrected chi connectivity index (χ2v) is 7.71. The predicted octanol–water partition coefficient (Wildman–Crippen LogP) is 3.23. The number of ether oxygens (including phenoxy) is 3. The molecule has 26 heavy (non-hydrogen) atoms. The molecule has 0 aliphatic heterocycles. The van der Waals surface area contributed by atoms with Gasteiger partial charge in [0.1, 0.15) is 17.7 Å². The summed E-state index contributed by atoms with van der Waals surface area (Å²) < 4.78 is 16.0. The molecule has 0 bridgehead atoms. The molecule has 1 aromatic heterocycles. The van der Waals surface area contributed by atoms with E-state index >= 15 is 0 Å². The molecule has 8 heteroatoms. The van der Waals surface area contributed by atoms with E-state index in [1.165, 1.54) is 25.3 Å². The number of methoxy groups -OCH3 is 1. The average Bonchev–Trinajstić information content (AvgIpc) is 3.36. The normalized spacial score (nSPS) is 15.2. The molecule has 2 rings (SSSR count). The second kappa shape index (κ2) is 8.12. The van der Waals surface area contributed by atoms with Crippen LogP contribution in [0.25, 0.3) is 0 Å². The van der Waals surface area contributed by atoms with E-state index in [9.17, 15) is 9.59 Å². The number of likely N-dealkylation sites (N-methyl/N-ethyl adjacent to an activating group) is 1. The van der Waals surface area contributed by atoms with Crippen LogP contribution in [0, 0.1) is 0 Å². The lowest BCUT2D eigenvalue weighted by atomic mass is 10.1. The fourth-order valence-corrected chi connectivity index (χ4v) is 2.43. The van der Waals surface area contributed by atoms with E-state index in [4.69, 9.17) is 25.8 Å². The first-order valence-electron chi connectivity index (χ1n) is 8.45. The van der Waals surface area contributed by atoms with Crippen LogP contribution >= 0.6 is 11.6 Å². The summed E-state index contributed by atoms with van der Waals surface area (Å²) in [4.78, 5) is 30.1. The van der Waals surface area contributed by atoms with Crippen LogP contribution in [0.2, 0.25) is 5.02 Å². The topological polar surface area (TPSA) is 78.0 Å². The van der Waals surface area contributed by atoms with Gasteiger partial charge in [0.15, 0.2) is 0 Å². The number of esters is 1. The third kappa shape index (κ3) is 5.76. The van der Waals surface area contributed by atoms with Gasteiger partial charge < -0.3 is 14.2 Å². The number of pyridine rings is 1. The molecule has 144 valence electrons. The smallest absolute Gasteiger partial charge is 0.410 e. The van der Waals surface area contributed by atoms with Crippen LogP contribution in [0.4, 0.5) is 4.79 Å². The predicted molar refractivity (Wildman–Crippen MR) is 96.4 cm³/mol. The van der Waals surface area contributed by atoms with E-state index < -0.39 is 23.7 Å². The Kier molecular flexibility index (Phi) is 6.34. The van der Waals surface area contributed by atoms with E-state index in [1.807, 2.05) is 0 Å². The van der Waals surface area contributed by atoms with Gasteiger partial charge in [0.05, 0.1) is 12.1 Å². The van der Waals surface area contributed by atoms with Crippen molar-refractivity contribution in [3.63, 3.8) is 0 Å². The molecule has 0 spiro atoms. The van der Waals surface area contributed by atoms with Crippen LogP contribution in [0.3, 0.4) is 0 Å². The van der Waals surface area contributed by atoms with Crippen LogP contribution in [0.15, 0.2) is 12.3 Å². The molecular weight excluding hydrogens is 360 g/mol. The Morgan fingerprint density at radius 2 is 2.04 bits per heavy atom. The Bertz CT molecular complexity index is 670. The molecule has 1 fully saturated rings. The zero-order valence-electron chi connectivity index (χ0n) is 15.7. The highest BCUT2D eigenvalue weighted by atomic mass is 35.5. The number of carbonyl (C=O) groups is 2. The molecule has 0 unspecified atom stereocenters. The number of rotatable bonds is 6. The molecule has 0 N–H and O–H groups in total. The van der Waals surface area contributed by atoms with Crippen LogP contribution in [0.5, 0.6) is 5.88 Å². The van der Waals surface area contributed by atoms with Gasteiger partial charge in [0, 0.05) is 25.2 Å². The molecule has 1 saturated carbocycles. The van der Waals surface area contributed by atoms with Crippen molar-refractivity contribution >= 4 is 23.7 Å². The van der Waals surface area contributed by atoms with Gasteiger partial charge in [-0.25, -0.2) is 14.6 Å². The number of aromatic nitrogens is 1. The van der Waals surface area contributed by atoms with Gasteiger partial charge in [-0.3, -0.25) is 4.90 Å². The summed E-state index contributed by atoms with van der Waals surface area (Å²) in [5.74, 6) is -0.140. The first-order chi connectivity index (χ1) is 12.1. The van der Waals surface area contributed by atoms with E-state index in [0.29, 0.717) is 16.5 Å². The fourth-order valence-electron chi connectivity index (χ4n) is 2.25. The third-order valence-electron chi connectivity index (χ3n) is 3.73. The highest BCUT2D eigenvalue weighted by Gasteiger charge is 2.33. The maximum atomic E-state index is 12.4. The fraction of sp³-hybridized carbons (Fsp3) is 0.611. The van der Waals surface area contributed by atoms with Crippen molar-refractivity contribution in [1.82, 2.24) is 9.88 Å². The van der Waals surface area contributed by atoms with Crippen molar-refractivity contribution in [3.8, 4) is 5.88 Å². The summed E-state index contributed by atoms with van der Waals surface area (Å²) in [6.45, 7) is 5.27. The minimum atomic E-state index is -0.892. The summed E-state index contributed by atoms with van der Waals surface area (Å²) in [7, 11) is 2.77. The van der Waals surface area contributed by atoms with Crippen molar-refractivity contribution in [2.45, 2.75) is 57.8 Å². The second-order valence-electron chi connectivity index (χ2n) is 7.27. The Morgan fingerprint density at radius 3 is 2.58 bits per heavy atom. The van der Waals surface area contributed by atoms with E-state index in [2.05, 4.69) is 4.98 Å². The van der Waals surface area contributed by atoms with Gasteiger partial charge in [0.2, 0.25) is 5.88 Å². The Labute approximate surface area is 158 Å². The van der Waals surface area contributed by atoms with Gasteiger partial charge in [0.25, 0.3) is 0 Å². The zero-order valence-corrected chi connectivity index (χ0v) is 16.5. The van der Waals surface area contributed by atoms with Gasteiger partial charge in [-0.2, -0.15) is 0 Å². The summed E-state index contributed by atoms with van der Waals surface area (Å²) in [6, 6.07) is 0.794. The minimum absolute atomic E-state index is 0.141. The molecule has 0 aromatic carbocycles. The van der Waals surface area contributed by atoms with Crippen LogP contribution in [0.1, 0.15) is 39.2 Å². The molecule has 0 saturated heterocycles. The minimum Gasteiger partial charge on any atom is -0.474 e. The van der Waals surface area contributed by atoms with Crippen LogP contribution in [-0.4, -0.2) is 53.9 Å². The Balaban J connectivity index is 2.23. The highest BCUT2D eigenvalue weighted by Crippen LogP contribution is 2.30. The van der Waals surface area contributed by atoms with Crippen molar-refractivity contribution in [2.75, 3.05) is 14.2 Å². The zero-order chi connectivity index (χ0) is 19.5. The molecule has 0 radical (unpaired) electrons. The lowest BCUT2D eigenvalue weighted by Gasteiger charge is -2.29. The molecule has 1 aliphatic rings. The average molecular weight is 385 g/mol. The summed E-state index contributed by atoms with van der Waals surface area (Å²) >= 11 is 6.06. The molecule has 1 heterocycles. The molecule has 1 atom stereocenters. The standard InChI is InChI=1S/C18H25ClN2O5/c1-18(2,3)26-17(23)21(4)14(16(22)24-5)9-11-8-12(19)10-20-15(11)25-13-6-7-13/h8,10,13-14H,6-7,9H2,1-5H3/t14-/m0/s1. The number of amides is 1. The van der Waals surface area contributed by atoms with Gasteiger partial charge in [-0.05, 0) is 39.7 Å². The maximum absolute atomic E-state index is 12.4. The van der Waals surface area contributed by atoms with Crippen molar-refractivity contribution < 1.29 is 23.8 Å². The summed E-state index contributed by atoms with van der Waals surface area (Å²) in [5, 5.41) is 0.423. The van der Waals surface area contributed by atoms with Gasteiger partial charge in [-0.15, -0.1) is 0 Å². The highest BCUT2D eigenvalue weighted by molar-refractivity contribution is 6.30. The van der Waals surface area contributed by atoms with E-state index in [0.717, 1.165) is 12.8 Å². The van der Waals surface area contributed by atoms with Crippen LogP contribution < -0.4 is 4.74 Å². The number of halogens is 1. The molecule has 1 aliphatic carbocycles. The lowest BCUT2D eigenvalue weighted by molar-refractivity contribution is -0.146. The maximum Gasteiger partial charge on any atom is 0.410 e. The van der Waals surface area contributed by atoms with Crippen molar-refractivity contribution in [1.29, 1.82) is 0 Å². The lowest BCUT2D eigenvalue weighted by Crippen LogP contribution is -2.46. The molecule has 1 aromatic rings. The molecular formula is C18H25ClN2O5. The first kappa shape index (κ1) is 20.3. The molecule has 7 nitrogen and oxygen atoms in total. The van der Waals surface area contributed by atoms with Crippen molar-refractivity contribution in [3.05, 3.63) is 22.8 Å². The number of nitrogens with zero attached hydrogens (tertiary/aromatic N) is 2. The number of hydrogen-bond donors (Lipinski definition) is 0. The quantitative estimate of drug-likeness (QED) is 0.701. The van der Waals surface area contributed by atoms with Gasteiger partial charge in [-0.1, -0.05) is 11.6 Å². The summed E-state index contributed by atoms with van der Waals surface area (Å²) in [6.07, 6.45) is 3.12.